The maximum absolute atomic E-state index is 3.88. The molecule has 3 nitrogen and oxygen atoms in total. The lowest BCUT2D eigenvalue weighted by Crippen LogP contribution is -2.20. The Morgan fingerprint density at radius 2 is 1.07 bits per heavy atom. The number of fused-ring (bicyclic) bond motifs is 9. The van der Waals surface area contributed by atoms with Crippen molar-refractivity contribution in [1.29, 1.82) is 0 Å². The molecule has 206 valence electrons. The van der Waals surface area contributed by atoms with Crippen LogP contribution in [0.4, 0.5) is 0 Å². The van der Waals surface area contributed by atoms with Crippen LogP contribution in [0.15, 0.2) is 133 Å². The fourth-order valence-corrected chi connectivity index (χ4v) is 7.34. The number of aromatic nitrogens is 2. The van der Waals surface area contributed by atoms with Gasteiger partial charge < -0.3 is 14.9 Å². The molecule has 2 N–H and O–H groups in total. The predicted molar refractivity (Wildman–Crippen MR) is 180 cm³/mol. The Morgan fingerprint density at radius 1 is 0.535 bits per heavy atom. The topological polar surface area (TPSA) is 32.8 Å². The van der Waals surface area contributed by atoms with Crippen LogP contribution in [0.1, 0.15) is 28.3 Å². The van der Waals surface area contributed by atoms with Gasteiger partial charge in [-0.05, 0) is 76.2 Å². The number of aryl methyl sites for hydroxylation is 2. The summed E-state index contributed by atoms with van der Waals surface area (Å²) in [4.78, 5) is 3.65. The minimum Gasteiger partial charge on any atom is -0.355 e. The van der Waals surface area contributed by atoms with Gasteiger partial charge in [0.05, 0.1) is 6.04 Å². The molecule has 0 aliphatic heterocycles. The van der Waals surface area contributed by atoms with Crippen molar-refractivity contribution in [2.75, 3.05) is 0 Å². The molecule has 0 atom stereocenters. The van der Waals surface area contributed by atoms with Crippen molar-refractivity contribution >= 4 is 43.6 Å². The lowest BCUT2D eigenvalue weighted by atomic mass is 10.0. The molecular formula is C40H31N3. The molecule has 0 spiro atoms. The number of benzene rings is 6. The molecule has 0 saturated heterocycles. The summed E-state index contributed by atoms with van der Waals surface area (Å²) >= 11 is 0. The zero-order valence-corrected chi connectivity index (χ0v) is 23.8. The number of hydrogen-bond acceptors (Lipinski definition) is 1. The summed E-state index contributed by atoms with van der Waals surface area (Å²) < 4.78 is 2.48. The number of para-hydroxylation sites is 2. The first-order valence-electron chi connectivity index (χ1n) is 15.2. The molecule has 9 rings (SSSR count). The lowest BCUT2D eigenvalue weighted by Gasteiger charge is -2.16. The molecule has 43 heavy (non-hydrogen) atoms. The zero-order chi connectivity index (χ0) is 28.3. The van der Waals surface area contributed by atoms with Gasteiger partial charge in [0.25, 0.3) is 0 Å². The van der Waals surface area contributed by atoms with Crippen molar-refractivity contribution in [3.8, 4) is 11.1 Å². The van der Waals surface area contributed by atoms with Gasteiger partial charge in [-0.3, -0.25) is 0 Å². The SMILES string of the molecule is c1ccc2c(c1)-c1ccccc1C2NCc1ccc2[nH]c3ccc(CCn4c5ccccc5c5ccccc54)cc3c2c1. The Kier molecular flexibility index (Phi) is 5.53. The van der Waals surface area contributed by atoms with E-state index in [0.717, 1.165) is 19.5 Å². The van der Waals surface area contributed by atoms with Crippen LogP contribution >= 0.6 is 0 Å². The molecular weight excluding hydrogens is 522 g/mol. The van der Waals surface area contributed by atoms with E-state index in [2.05, 4.69) is 148 Å². The van der Waals surface area contributed by atoms with Crippen molar-refractivity contribution in [3.05, 3.63) is 156 Å². The summed E-state index contributed by atoms with van der Waals surface area (Å²) in [5.74, 6) is 0. The Labute approximate surface area is 250 Å². The molecule has 0 radical (unpaired) electrons. The second-order valence-corrected chi connectivity index (χ2v) is 11.8. The quantitative estimate of drug-likeness (QED) is 0.211. The fraction of sp³-hybridized carbons (Fsp3) is 0.100. The van der Waals surface area contributed by atoms with Gasteiger partial charge in [0.1, 0.15) is 0 Å². The van der Waals surface area contributed by atoms with Crippen LogP contribution in [-0.4, -0.2) is 9.55 Å². The highest BCUT2D eigenvalue weighted by molar-refractivity contribution is 6.08. The van der Waals surface area contributed by atoms with E-state index >= 15 is 0 Å². The summed E-state index contributed by atoms with van der Waals surface area (Å²) in [5, 5.41) is 9.13. The van der Waals surface area contributed by atoms with E-state index in [-0.39, 0.29) is 6.04 Å². The smallest absolute Gasteiger partial charge is 0.0591 e. The minimum absolute atomic E-state index is 0.207. The van der Waals surface area contributed by atoms with Gasteiger partial charge in [0, 0.05) is 56.7 Å². The molecule has 6 aromatic carbocycles. The number of H-pyrrole nitrogens is 1. The van der Waals surface area contributed by atoms with Gasteiger partial charge in [-0.25, -0.2) is 0 Å². The molecule has 2 heterocycles. The van der Waals surface area contributed by atoms with Gasteiger partial charge in [0.2, 0.25) is 0 Å². The zero-order valence-electron chi connectivity index (χ0n) is 23.8. The number of nitrogens with one attached hydrogen (secondary N) is 2. The first-order valence-corrected chi connectivity index (χ1v) is 15.2. The standard InChI is InChI=1S/C40H31N3/c1-3-13-32-28(9-1)29-10-2-4-14-33(29)40(32)41-25-27-18-20-37-35(24-27)34-23-26(17-19-36(34)42-37)21-22-43-38-15-7-5-11-30(38)31-12-6-8-16-39(31)43/h1-20,23-24,40-42H,21-22,25H2. The second-order valence-electron chi connectivity index (χ2n) is 11.8. The van der Waals surface area contributed by atoms with Gasteiger partial charge in [0.15, 0.2) is 0 Å². The molecule has 0 unspecified atom stereocenters. The minimum atomic E-state index is 0.207. The van der Waals surface area contributed by atoms with E-state index in [0.29, 0.717) is 0 Å². The van der Waals surface area contributed by atoms with Crippen LogP contribution < -0.4 is 5.32 Å². The van der Waals surface area contributed by atoms with E-state index in [4.69, 9.17) is 0 Å². The van der Waals surface area contributed by atoms with E-state index in [1.165, 1.54) is 77.0 Å². The van der Waals surface area contributed by atoms with Gasteiger partial charge in [-0.1, -0.05) is 97.1 Å². The highest BCUT2D eigenvalue weighted by Gasteiger charge is 2.27. The third-order valence-electron chi connectivity index (χ3n) is 9.38. The Bertz CT molecular complexity index is 2220. The molecule has 3 heteroatoms. The Balaban J connectivity index is 1.01. The van der Waals surface area contributed by atoms with Crippen LogP contribution in [0.2, 0.25) is 0 Å². The van der Waals surface area contributed by atoms with Crippen molar-refractivity contribution in [1.82, 2.24) is 14.9 Å². The number of rotatable bonds is 6. The first kappa shape index (κ1) is 24.5. The first-order chi connectivity index (χ1) is 21.3. The number of nitrogens with zero attached hydrogens (tertiary/aromatic N) is 1. The molecule has 1 aliphatic rings. The van der Waals surface area contributed by atoms with Crippen molar-refractivity contribution in [2.45, 2.75) is 25.6 Å². The third kappa shape index (κ3) is 3.93. The highest BCUT2D eigenvalue weighted by atomic mass is 15.0. The molecule has 8 aromatic rings. The fourth-order valence-electron chi connectivity index (χ4n) is 7.34. The summed E-state index contributed by atoms with van der Waals surface area (Å²) in [7, 11) is 0. The Hall–Kier alpha value is -5.12. The van der Waals surface area contributed by atoms with E-state index in [1.54, 1.807) is 0 Å². The predicted octanol–water partition coefficient (Wildman–Crippen LogP) is 9.53. The molecule has 0 saturated carbocycles. The molecule has 2 aromatic heterocycles. The summed E-state index contributed by atoms with van der Waals surface area (Å²) in [6.07, 6.45) is 0.979. The molecule has 0 bridgehead atoms. The summed E-state index contributed by atoms with van der Waals surface area (Å²) in [5.41, 5.74) is 13.1. The molecule has 1 aliphatic carbocycles. The van der Waals surface area contributed by atoms with Gasteiger partial charge in [-0.15, -0.1) is 0 Å². The maximum atomic E-state index is 3.88. The van der Waals surface area contributed by atoms with E-state index in [1.807, 2.05) is 0 Å². The van der Waals surface area contributed by atoms with Crippen molar-refractivity contribution in [2.24, 2.45) is 0 Å². The summed E-state index contributed by atoms with van der Waals surface area (Å²) in [6.45, 7) is 1.75. The average Bonchev–Trinajstić information content (AvgIpc) is 3.70. The monoisotopic (exact) mass is 553 g/mol. The van der Waals surface area contributed by atoms with Crippen LogP contribution in [-0.2, 0) is 19.5 Å². The average molecular weight is 554 g/mol. The van der Waals surface area contributed by atoms with Crippen LogP contribution in [0.5, 0.6) is 0 Å². The Morgan fingerprint density at radius 3 is 1.72 bits per heavy atom. The summed E-state index contributed by atoms with van der Waals surface area (Å²) in [6, 6.07) is 49.1. The highest BCUT2D eigenvalue weighted by Crippen LogP contribution is 2.43. The van der Waals surface area contributed by atoms with Crippen LogP contribution in [0.25, 0.3) is 54.7 Å². The molecule has 0 amide bonds. The van der Waals surface area contributed by atoms with Crippen molar-refractivity contribution < 1.29 is 0 Å². The van der Waals surface area contributed by atoms with E-state index < -0.39 is 0 Å². The van der Waals surface area contributed by atoms with Gasteiger partial charge >= 0.3 is 0 Å². The number of aromatic amines is 1. The van der Waals surface area contributed by atoms with Crippen LogP contribution in [0.3, 0.4) is 0 Å². The van der Waals surface area contributed by atoms with Crippen LogP contribution in [0, 0.1) is 0 Å². The largest absolute Gasteiger partial charge is 0.355 e. The normalized spacial score (nSPS) is 12.9. The van der Waals surface area contributed by atoms with Crippen molar-refractivity contribution in [3.63, 3.8) is 0 Å². The number of hydrogen-bond donors (Lipinski definition) is 2. The van der Waals surface area contributed by atoms with E-state index in [9.17, 15) is 0 Å². The molecule has 0 fully saturated rings. The second kappa shape index (κ2) is 9.72. The third-order valence-corrected chi connectivity index (χ3v) is 9.38. The lowest BCUT2D eigenvalue weighted by molar-refractivity contribution is 0.616. The van der Waals surface area contributed by atoms with Gasteiger partial charge in [-0.2, -0.15) is 0 Å². The maximum Gasteiger partial charge on any atom is 0.0591 e.